The van der Waals surface area contributed by atoms with Crippen LogP contribution in [-0.2, 0) is 25.9 Å². The van der Waals surface area contributed by atoms with Gasteiger partial charge in [0.15, 0.2) is 6.13 Å². The van der Waals surface area contributed by atoms with Crippen LogP contribution in [0.4, 0.5) is 0 Å². The van der Waals surface area contributed by atoms with E-state index in [4.69, 9.17) is 9.47 Å². The van der Waals surface area contributed by atoms with E-state index in [-0.39, 0.29) is 25.1 Å². The second-order valence-corrected chi connectivity index (χ2v) is 7.70. The number of rotatable bonds is 7. The highest BCUT2D eigenvalue weighted by Gasteiger charge is 2.36. The van der Waals surface area contributed by atoms with Gasteiger partial charge >= 0.3 is 12.9 Å². The average molecular weight is 384 g/mol. The zero-order chi connectivity index (χ0) is 19.3. The fraction of sp³-hybridized carbons (Fsp3) is 0.467. The normalized spacial score (nSPS) is 16.4. The molecule has 3 N–H and O–H groups in total. The Morgan fingerprint density at radius 1 is 1.42 bits per heavy atom. The van der Waals surface area contributed by atoms with Crippen LogP contribution in [0.5, 0.6) is 5.75 Å². The summed E-state index contributed by atoms with van der Waals surface area (Å²) in [6, 6.07) is 4.81. The number of nitrogens with one attached hydrogen (secondary N) is 2. The molecule has 1 aromatic rings. The number of fused-ring (bicyclic) bond motifs is 1. The van der Waals surface area contributed by atoms with Crippen molar-refractivity contribution in [3.63, 3.8) is 0 Å². The monoisotopic (exact) mass is 384 g/mol. The molecule has 26 heavy (non-hydrogen) atoms. The van der Waals surface area contributed by atoms with E-state index in [0.717, 1.165) is 0 Å². The van der Waals surface area contributed by atoms with Crippen LogP contribution in [0, 0.1) is 0 Å². The van der Waals surface area contributed by atoms with E-state index in [1.807, 2.05) is 0 Å². The number of hydrogen-bond acceptors (Lipinski definition) is 7. The summed E-state index contributed by atoms with van der Waals surface area (Å²) in [5, 5.41) is 12.7. The van der Waals surface area contributed by atoms with Gasteiger partial charge in [-0.1, -0.05) is 6.07 Å². The molecular formula is C15H21BN2O7S. The molecule has 1 aromatic carbocycles. The van der Waals surface area contributed by atoms with Gasteiger partial charge in [-0.15, -0.1) is 0 Å². The lowest BCUT2D eigenvalue weighted by atomic mass is 9.59. The van der Waals surface area contributed by atoms with Crippen LogP contribution >= 0.6 is 0 Å². The Morgan fingerprint density at radius 2 is 2.15 bits per heavy atom. The molecule has 1 heterocycles. The third kappa shape index (κ3) is 4.96. The third-order valence-corrected chi connectivity index (χ3v) is 5.22. The molecule has 0 aliphatic carbocycles. The summed E-state index contributed by atoms with van der Waals surface area (Å²) in [6.07, 6.45) is -1.22. The van der Waals surface area contributed by atoms with Gasteiger partial charge in [0, 0.05) is 12.0 Å². The highest BCUT2D eigenvalue weighted by molar-refractivity contribution is 7.89. The molecule has 0 saturated carbocycles. The minimum absolute atomic E-state index is 0.0874. The Balaban J connectivity index is 2.07. The number of carbonyl (C=O) groups is 2. The van der Waals surface area contributed by atoms with Crippen LogP contribution < -0.4 is 14.8 Å². The van der Waals surface area contributed by atoms with Gasteiger partial charge in [0.1, 0.15) is 5.75 Å². The van der Waals surface area contributed by atoms with Gasteiger partial charge in [-0.25, -0.2) is 17.9 Å². The van der Waals surface area contributed by atoms with Crippen LogP contribution in [0.2, 0.25) is 0 Å². The molecule has 0 radical (unpaired) electrons. The van der Waals surface area contributed by atoms with E-state index in [1.54, 1.807) is 25.1 Å². The van der Waals surface area contributed by atoms with Crippen molar-refractivity contribution in [1.29, 1.82) is 0 Å². The topological polar surface area (TPSA) is 131 Å². The van der Waals surface area contributed by atoms with Crippen molar-refractivity contribution in [3.8, 4) is 5.75 Å². The van der Waals surface area contributed by atoms with Crippen molar-refractivity contribution < 1.29 is 32.5 Å². The van der Waals surface area contributed by atoms with Crippen LogP contribution in [0.25, 0.3) is 0 Å². The Bertz CT molecular complexity index is 784. The van der Waals surface area contributed by atoms with Crippen molar-refractivity contribution in [2.45, 2.75) is 25.8 Å². The summed E-state index contributed by atoms with van der Waals surface area (Å²) in [4.78, 5) is 23.9. The van der Waals surface area contributed by atoms with Gasteiger partial charge < -0.3 is 19.8 Å². The molecule has 0 spiro atoms. The minimum Gasteiger partial charge on any atom is -0.475 e. The van der Waals surface area contributed by atoms with Gasteiger partial charge in [0.2, 0.25) is 15.9 Å². The highest BCUT2D eigenvalue weighted by atomic mass is 32.2. The van der Waals surface area contributed by atoms with E-state index >= 15 is 0 Å². The van der Waals surface area contributed by atoms with Crippen molar-refractivity contribution in [1.82, 2.24) is 10.0 Å². The van der Waals surface area contributed by atoms with Gasteiger partial charge in [-0.3, -0.25) is 4.79 Å². The number of benzene rings is 1. The maximum Gasteiger partial charge on any atom is 0.365 e. The smallest absolute Gasteiger partial charge is 0.365 e. The summed E-state index contributed by atoms with van der Waals surface area (Å²) < 4.78 is 35.4. The van der Waals surface area contributed by atoms with Crippen molar-refractivity contribution in [2.24, 2.45) is 0 Å². The molecule has 0 saturated heterocycles. The zero-order valence-electron chi connectivity index (χ0n) is 14.5. The van der Waals surface area contributed by atoms with Crippen LogP contribution in [0.3, 0.4) is 0 Å². The summed E-state index contributed by atoms with van der Waals surface area (Å²) in [5.41, 5.74) is 0.801. The highest BCUT2D eigenvalue weighted by Crippen LogP contribution is 2.29. The molecule has 0 unspecified atom stereocenters. The van der Waals surface area contributed by atoms with Crippen molar-refractivity contribution in [3.05, 3.63) is 29.3 Å². The molecule has 0 aromatic heterocycles. The lowest BCUT2D eigenvalue weighted by Gasteiger charge is -2.29. The minimum atomic E-state index is -3.50. The molecule has 1 amide bonds. The molecular weight excluding hydrogens is 363 g/mol. The fourth-order valence-corrected chi connectivity index (χ4v) is 3.16. The Labute approximate surface area is 152 Å². The SMILES string of the molecule is CCOC(=O)c1cccc2c1CB(O)[C@H](NC(=O)CCS(=O)(=O)NC)O2. The lowest BCUT2D eigenvalue weighted by molar-refractivity contribution is -0.122. The zero-order valence-corrected chi connectivity index (χ0v) is 15.3. The molecule has 2 rings (SSSR count). The van der Waals surface area contributed by atoms with E-state index in [0.29, 0.717) is 16.9 Å². The molecule has 142 valence electrons. The van der Waals surface area contributed by atoms with E-state index in [1.165, 1.54) is 7.05 Å². The average Bonchev–Trinajstić information content (AvgIpc) is 2.60. The predicted molar refractivity (Wildman–Crippen MR) is 94.1 cm³/mol. The number of esters is 1. The van der Waals surface area contributed by atoms with Gasteiger partial charge in [0.05, 0.1) is 17.9 Å². The Kier molecular flexibility index (Phi) is 6.62. The first kappa shape index (κ1) is 20.2. The van der Waals surface area contributed by atoms with Crippen LogP contribution in [0.1, 0.15) is 29.3 Å². The van der Waals surface area contributed by atoms with Crippen LogP contribution in [-0.4, -0.2) is 57.8 Å². The van der Waals surface area contributed by atoms with Crippen molar-refractivity contribution >= 4 is 28.8 Å². The third-order valence-electron chi connectivity index (χ3n) is 3.86. The molecule has 0 fully saturated rings. The van der Waals surface area contributed by atoms with Crippen LogP contribution in [0.15, 0.2) is 18.2 Å². The van der Waals surface area contributed by atoms with Gasteiger partial charge in [-0.2, -0.15) is 0 Å². The summed E-state index contributed by atoms with van der Waals surface area (Å²) in [7, 11) is -2.24. The number of hydrogen-bond donors (Lipinski definition) is 3. The molecule has 9 nitrogen and oxygen atoms in total. The predicted octanol–water partition coefficient (Wildman–Crippen LogP) is -0.758. The molecule has 0 bridgehead atoms. The molecule has 1 aliphatic rings. The number of sulfonamides is 1. The van der Waals surface area contributed by atoms with Gasteiger partial charge in [0.25, 0.3) is 0 Å². The van der Waals surface area contributed by atoms with E-state index in [2.05, 4.69) is 10.0 Å². The number of carbonyl (C=O) groups excluding carboxylic acids is 2. The summed E-state index contributed by atoms with van der Waals surface area (Å²) in [6.45, 7) is 0.821. The molecule has 1 atom stereocenters. The second kappa shape index (κ2) is 8.52. The number of ether oxygens (including phenoxy) is 2. The van der Waals surface area contributed by atoms with E-state index < -0.39 is 34.9 Å². The first-order valence-electron chi connectivity index (χ1n) is 8.11. The quantitative estimate of drug-likeness (QED) is 0.416. The standard InChI is InChI=1S/C15H21BN2O7S/c1-3-24-14(20)10-5-4-6-12-11(10)9-16(21)15(25-12)18-13(19)7-8-26(22,23)17-2/h4-6,15,17,21H,3,7-9H2,1-2H3,(H,18,19)/t15-/m1/s1. The number of amides is 1. The first-order valence-corrected chi connectivity index (χ1v) is 9.77. The molecule has 1 aliphatic heterocycles. The second-order valence-electron chi connectivity index (χ2n) is 5.65. The fourth-order valence-electron chi connectivity index (χ4n) is 2.50. The summed E-state index contributed by atoms with van der Waals surface area (Å²) >= 11 is 0. The Morgan fingerprint density at radius 3 is 2.81 bits per heavy atom. The maximum atomic E-state index is 12.0. The largest absolute Gasteiger partial charge is 0.475 e. The van der Waals surface area contributed by atoms with Crippen molar-refractivity contribution in [2.75, 3.05) is 19.4 Å². The van der Waals surface area contributed by atoms with E-state index in [9.17, 15) is 23.0 Å². The maximum absolute atomic E-state index is 12.0. The lowest BCUT2D eigenvalue weighted by Crippen LogP contribution is -2.53. The molecule has 11 heteroatoms. The Hall–Kier alpha value is -2.11. The van der Waals surface area contributed by atoms with Gasteiger partial charge in [-0.05, 0) is 32.4 Å². The summed E-state index contributed by atoms with van der Waals surface area (Å²) in [5.74, 6) is -1.10. The first-order chi connectivity index (χ1) is 12.3.